The molecule has 3 rings (SSSR count). The molecule has 1 saturated heterocycles. The summed E-state index contributed by atoms with van der Waals surface area (Å²) in [6.45, 7) is 3.71. The lowest BCUT2D eigenvalue weighted by Crippen LogP contribution is -2.55. The second-order valence-electron chi connectivity index (χ2n) is 6.89. The van der Waals surface area contributed by atoms with Gasteiger partial charge in [-0.05, 0) is 23.8 Å². The van der Waals surface area contributed by atoms with Gasteiger partial charge in [0.05, 0.1) is 6.20 Å². The van der Waals surface area contributed by atoms with E-state index in [1.54, 1.807) is 30.6 Å². The smallest absolute Gasteiger partial charge is 0.303 e. The molecule has 0 saturated carbocycles. The summed E-state index contributed by atoms with van der Waals surface area (Å²) in [5.74, 6) is -1.07. The fourth-order valence-corrected chi connectivity index (χ4v) is 4.56. The van der Waals surface area contributed by atoms with Crippen LogP contribution in [0.5, 0.6) is 5.75 Å². The van der Waals surface area contributed by atoms with Crippen LogP contribution in [0.1, 0.15) is 20.8 Å². The highest BCUT2D eigenvalue weighted by Gasteiger charge is 2.47. The fraction of sp³-hybridized carbons (Fsp3) is 0.381. The van der Waals surface area contributed by atoms with Crippen LogP contribution in [-0.2, 0) is 28.6 Å². The van der Waals surface area contributed by atoms with E-state index in [1.807, 2.05) is 0 Å². The number of rotatable bonds is 6. The number of carbonyl (C=O) groups excluding carboxylic acids is 3. The average molecular weight is 481 g/mol. The Labute approximate surface area is 193 Å². The molecule has 0 aliphatic carbocycles. The lowest BCUT2D eigenvalue weighted by Gasteiger charge is -2.39. The third-order valence-corrected chi connectivity index (χ3v) is 5.75. The van der Waals surface area contributed by atoms with Crippen molar-refractivity contribution in [2.45, 2.75) is 44.5 Å². The fourth-order valence-electron chi connectivity index (χ4n) is 3.17. The largest absolute Gasteiger partial charge is 0.474 e. The second kappa shape index (κ2) is 10.6. The molecule has 1 fully saturated rings. The SMILES string of the molecule is CC(=O)O[C@@H]1[C@@H](OC(C)=O)[C@H](OC(C)=O)CS[C@H]1Oc1cncc(-c2ccnc(Cl)c2)c1. The topological polar surface area (TPSA) is 114 Å². The minimum atomic E-state index is -1.03. The van der Waals surface area contributed by atoms with Crippen molar-refractivity contribution < 1.29 is 33.3 Å². The molecule has 9 nitrogen and oxygen atoms in total. The van der Waals surface area contributed by atoms with E-state index in [9.17, 15) is 14.4 Å². The molecule has 32 heavy (non-hydrogen) atoms. The number of esters is 3. The highest BCUT2D eigenvalue weighted by molar-refractivity contribution is 7.99. The maximum absolute atomic E-state index is 11.8. The van der Waals surface area contributed by atoms with Crippen molar-refractivity contribution in [1.82, 2.24) is 9.97 Å². The van der Waals surface area contributed by atoms with Gasteiger partial charge in [-0.15, -0.1) is 11.8 Å². The number of pyridine rings is 2. The van der Waals surface area contributed by atoms with Crippen LogP contribution in [-0.4, -0.2) is 57.4 Å². The minimum Gasteiger partial charge on any atom is -0.474 e. The van der Waals surface area contributed by atoms with E-state index in [0.29, 0.717) is 10.9 Å². The number of hydrogen-bond donors (Lipinski definition) is 0. The van der Waals surface area contributed by atoms with E-state index < -0.39 is 41.7 Å². The summed E-state index contributed by atoms with van der Waals surface area (Å²) in [5, 5.41) is 0.340. The lowest BCUT2D eigenvalue weighted by atomic mass is 10.1. The molecule has 1 aliphatic heterocycles. The molecular weight excluding hydrogens is 460 g/mol. The number of carbonyl (C=O) groups is 3. The van der Waals surface area contributed by atoms with Gasteiger partial charge >= 0.3 is 17.9 Å². The quantitative estimate of drug-likeness (QED) is 0.347. The predicted octanol–water partition coefficient (Wildman–Crippen LogP) is 3.04. The van der Waals surface area contributed by atoms with Crippen LogP contribution in [0.15, 0.2) is 36.8 Å². The van der Waals surface area contributed by atoms with Crippen molar-refractivity contribution >= 4 is 41.3 Å². The highest BCUT2D eigenvalue weighted by atomic mass is 35.5. The monoisotopic (exact) mass is 480 g/mol. The summed E-state index contributed by atoms with van der Waals surface area (Å²) in [5.41, 5.74) is 0.794. The average Bonchev–Trinajstić information content (AvgIpc) is 2.71. The normalized spacial score (nSPS) is 22.5. The lowest BCUT2D eigenvalue weighted by molar-refractivity contribution is -0.186. The Morgan fingerprint density at radius 3 is 2.31 bits per heavy atom. The molecule has 4 atom stereocenters. The van der Waals surface area contributed by atoms with Crippen molar-refractivity contribution in [3.8, 4) is 16.9 Å². The second-order valence-corrected chi connectivity index (χ2v) is 8.41. The molecule has 3 heterocycles. The van der Waals surface area contributed by atoms with Crippen LogP contribution in [0.2, 0.25) is 5.15 Å². The molecule has 2 aromatic rings. The first-order valence-electron chi connectivity index (χ1n) is 9.60. The van der Waals surface area contributed by atoms with E-state index >= 15 is 0 Å². The van der Waals surface area contributed by atoms with Gasteiger partial charge in [0.25, 0.3) is 0 Å². The van der Waals surface area contributed by atoms with Gasteiger partial charge < -0.3 is 18.9 Å². The Morgan fingerprint density at radius 1 is 0.969 bits per heavy atom. The molecule has 11 heteroatoms. The summed E-state index contributed by atoms with van der Waals surface area (Å²) >= 11 is 7.24. The van der Waals surface area contributed by atoms with Crippen LogP contribution < -0.4 is 4.74 Å². The Balaban J connectivity index is 1.87. The zero-order valence-corrected chi connectivity index (χ0v) is 19.1. The molecule has 0 spiro atoms. The summed E-state index contributed by atoms with van der Waals surface area (Å²) < 4.78 is 22.2. The van der Waals surface area contributed by atoms with Crippen LogP contribution in [0.25, 0.3) is 11.1 Å². The molecule has 0 radical (unpaired) electrons. The van der Waals surface area contributed by atoms with E-state index in [1.165, 1.54) is 38.7 Å². The molecule has 1 aliphatic rings. The zero-order valence-electron chi connectivity index (χ0n) is 17.5. The Kier molecular flexibility index (Phi) is 7.92. The van der Waals surface area contributed by atoms with E-state index in [-0.39, 0.29) is 5.75 Å². The van der Waals surface area contributed by atoms with Crippen molar-refractivity contribution in [3.05, 3.63) is 41.9 Å². The van der Waals surface area contributed by atoms with Crippen molar-refractivity contribution in [3.63, 3.8) is 0 Å². The van der Waals surface area contributed by atoms with Crippen LogP contribution in [0.4, 0.5) is 0 Å². The van der Waals surface area contributed by atoms with Crippen LogP contribution in [0.3, 0.4) is 0 Å². The number of nitrogens with zero attached hydrogens (tertiary/aromatic N) is 2. The van der Waals surface area contributed by atoms with Crippen molar-refractivity contribution in [2.24, 2.45) is 0 Å². The molecule has 0 aromatic carbocycles. The van der Waals surface area contributed by atoms with Gasteiger partial charge in [0, 0.05) is 44.5 Å². The van der Waals surface area contributed by atoms with E-state index in [4.69, 9.17) is 30.5 Å². The van der Waals surface area contributed by atoms with Gasteiger partial charge in [-0.25, -0.2) is 4.98 Å². The third kappa shape index (κ3) is 6.33. The summed E-state index contributed by atoms with van der Waals surface area (Å²) in [4.78, 5) is 43.1. The van der Waals surface area contributed by atoms with Crippen molar-refractivity contribution in [2.75, 3.05) is 5.75 Å². The van der Waals surface area contributed by atoms with Gasteiger partial charge in [-0.3, -0.25) is 19.4 Å². The van der Waals surface area contributed by atoms with Gasteiger partial charge in [-0.2, -0.15) is 0 Å². The number of aromatic nitrogens is 2. The predicted molar refractivity (Wildman–Crippen MR) is 116 cm³/mol. The Hall–Kier alpha value is -2.85. The number of ether oxygens (including phenoxy) is 4. The van der Waals surface area contributed by atoms with Gasteiger partial charge in [-0.1, -0.05) is 11.6 Å². The van der Waals surface area contributed by atoms with E-state index in [0.717, 1.165) is 11.1 Å². The first kappa shape index (κ1) is 23.8. The van der Waals surface area contributed by atoms with Crippen LogP contribution in [0, 0.1) is 0 Å². The Bertz CT molecular complexity index is 1010. The molecule has 0 amide bonds. The molecule has 2 aromatic heterocycles. The standard InChI is InChI=1S/C21H21ClN2O7S/c1-11(25)28-17-10-32-21(20(30-13(3)27)19(17)29-12(2)26)31-16-6-15(8-23-9-16)14-4-5-24-18(22)7-14/h4-9,17,19-21H,10H2,1-3H3/t17-,19+,20-,21-/m1/s1. The summed E-state index contributed by atoms with van der Waals surface area (Å²) in [7, 11) is 0. The molecule has 0 N–H and O–H groups in total. The van der Waals surface area contributed by atoms with Gasteiger partial charge in [0.15, 0.2) is 23.7 Å². The summed E-state index contributed by atoms with van der Waals surface area (Å²) in [6, 6.07) is 5.23. The van der Waals surface area contributed by atoms with Crippen molar-refractivity contribution in [1.29, 1.82) is 0 Å². The first-order valence-corrected chi connectivity index (χ1v) is 11.0. The molecule has 0 bridgehead atoms. The minimum absolute atomic E-state index is 0.271. The zero-order chi connectivity index (χ0) is 23.3. The van der Waals surface area contributed by atoms with Gasteiger partial charge in [0.2, 0.25) is 0 Å². The van der Waals surface area contributed by atoms with E-state index in [2.05, 4.69) is 9.97 Å². The summed E-state index contributed by atoms with van der Waals surface area (Å²) in [6.07, 6.45) is 1.90. The first-order chi connectivity index (χ1) is 15.2. The third-order valence-electron chi connectivity index (χ3n) is 4.33. The number of hydrogen-bond acceptors (Lipinski definition) is 10. The number of halogens is 1. The highest BCUT2D eigenvalue weighted by Crippen LogP contribution is 2.35. The van der Waals surface area contributed by atoms with Crippen LogP contribution >= 0.6 is 23.4 Å². The van der Waals surface area contributed by atoms with Gasteiger partial charge in [0.1, 0.15) is 10.9 Å². The number of thioether (sulfide) groups is 1. The molecule has 170 valence electrons. The maximum Gasteiger partial charge on any atom is 0.303 e. The molecular formula is C21H21ClN2O7S. The Morgan fingerprint density at radius 2 is 1.66 bits per heavy atom. The maximum atomic E-state index is 11.8. The molecule has 0 unspecified atom stereocenters.